The Kier molecular flexibility index (Phi) is 8.18. The van der Waals surface area contributed by atoms with E-state index in [0.29, 0.717) is 5.56 Å². The van der Waals surface area contributed by atoms with Crippen molar-refractivity contribution in [3.8, 4) is 6.07 Å². The molecule has 0 unspecified atom stereocenters. The Balaban J connectivity index is 0.000000438. The van der Waals surface area contributed by atoms with Crippen LogP contribution < -0.4 is 9.80 Å². The van der Waals surface area contributed by atoms with Crippen molar-refractivity contribution in [1.29, 1.82) is 5.26 Å². The zero-order chi connectivity index (χ0) is 21.4. The molecule has 1 aromatic rings. The Morgan fingerprint density at radius 2 is 1.66 bits per heavy atom. The van der Waals surface area contributed by atoms with E-state index >= 15 is 0 Å². The number of hydrogen-bond acceptors (Lipinski definition) is 8. The van der Waals surface area contributed by atoms with E-state index in [4.69, 9.17) is 29.9 Å². The fraction of sp³-hybridized carbons (Fsp3) is 0.579. The number of aromatic nitrogens is 1. The number of carbonyl (C=O) groups is 2. The van der Waals surface area contributed by atoms with Gasteiger partial charge in [0.25, 0.3) is 0 Å². The molecule has 10 nitrogen and oxygen atoms in total. The lowest BCUT2D eigenvalue weighted by molar-refractivity contribution is -0.159. The summed E-state index contributed by atoms with van der Waals surface area (Å²) in [5.74, 6) is -1.81. The number of aliphatic carboxylic acids is 2. The SMILES string of the molecule is Cc1cc(N2CCCC2)nc(N2CCN(CCO)CC2)c1C#N.O=C(O)C(=O)O. The number of pyridine rings is 1. The lowest BCUT2D eigenvalue weighted by Crippen LogP contribution is -2.47. The van der Waals surface area contributed by atoms with E-state index in [0.717, 1.165) is 63.0 Å². The van der Waals surface area contributed by atoms with Gasteiger partial charge in [-0.3, -0.25) is 4.90 Å². The molecule has 0 bridgehead atoms. The summed E-state index contributed by atoms with van der Waals surface area (Å²) in [5, 5.41) is 33.4. The van der Waals surface area contributed by atoms with E-state index in [1.165, 1.54) is 12.8 Å². The van der Waals surface area contributed by atoms with Crippen LogP contribution in [0.3, 0.4) is 0 Å². The van der Waals surface area contributed by atoms with Crippen LogP contribution in [-0.2, 0) is 9.59 Å². The van der Waals surface area contributed by atoms with Gasteiger partial charge in [-0.1, -0.05) is 0 Å². The van der Waals surface area contributed by atoms with E-state index in [9.17, 15) is 5.26 Å². The van der Waals surface area contributed by atoms with Gasteiger partial charge >= 0.3 is 11.9 Å². The summed E-state index contributed by atoms with van der Waals surface area (Å²) in [6.07, 6.45) is 2.44. The Morgan fingerprint density at radius 1 is 1.07 bits per heavy atom. The fourth-order valence-electron chi connectivity index (χ4n) is 3.44. The highest BCUT2D eigenvalue weighted by Crippen LogP contribution is 2.28. The van der Waals surface area contributed by atoms with Crippen LogP contribution in [0.1, 0.15) is 24.0 Å². The van der Waals surface area contributed by atoms with Crippen molar-refractivity contribution in [2.45, 2.75) is 19.8 Å². The first-order valence-corrected chi connectivity index (χ1v) is 9.58. The standard InChI is InChI=1S/C17H25N5O.C2H2O4/c1-14-12-16(21-4-2-3-5-21)19-17(15(14)13-18)22-8-6-20(7-9-22)10-11-23;3-1(4)2(5)6/h12,23H,2-11H2,1H3;(H,3,4)(H,5,6). The zero-order valence-corrected chi connectivity index (χ0v) is 16.5. The number of nitrogens with zero attached hydrogens (tertiary/aromatic N) is 5. The van der Waals surface area contributed by atoms with Gasteiger partial charge < -0.3 is 25.1 Å². The highest BCUT2D eigenvalue weighted by atomic mass is 16.4. The summed E-state index contributed by atoms with van der Waals surface area (Å²) >= 11 is 0. The van der Waals surface area contributed by atoms with Gasteiger partial charge in [0.05, 0.1) is 12.2 Å². The minimum absolute atomic E-state index is 0.200. The van der Waals surface area contributed by atoms with Gasteiger partial charge in [0.1, 0.15) is 17.7 Å². The van der Waals surface area contributed by atoms with E-state index in [2.05, 4.69) is 26.8 Å². The van der Waals surface area contributed by atoms with Gasteiger partial charge in [-0.25, -0.2) is 14.6 Å². The molecular weight excluding hydrogens is 378 g/mol. The molecule has 2 aliphatic rings. The molecule has 158 valence electrons. The van der Waals surface area contributed by atoms with Crippen LogP contribution in [0.4, 0.5) is 11.6 Å². The molecule has 0 aromatic carbocycles. The molecule has 0 atom stereocenters. The first kappa shape index (κ1) is 22.4. The summed E-state index contributed by atoms with van der Waals surface area (Å²) in [4.78, 5) is 29.8. The second-order valence-electron chi connectivity index (χ2n) is 6.96. The quantitative estimate of drug-likeness (QED) is 0.592. The molecule has 3 N–H and O–H groups in total. The van der Waals surface area contributed by atoms with E-state index in [1.54, 1.807) is 0 Å². The monoisotopic (exact) mass is 405 g/mol. The third kappa shape index (κ3) is 6.04. The molecule has 0 saturated carbocycles. The minimum Gasteiger partial charge on any atom is -0.473 e. The maximum atomic E-state index is 9.55. The van der Waals surface area contributed by atoms with Gasteiger partial charge in [-0.2, -0.15) is 5.26 Å². The van der Waals surface area contributed by atoms with Crippen LogP contribution in [-0.4, -0.2) is 89.6 Å². The largest absolute Gasteiger partial charge is 0.473 e. The number of aliphatic hydroxyl groups excluding tert-OH is 1. The van der Waals surface area contributed by atoms with Gasteiger partial charge in [0.2, 0.25) is 0 Å². The number of rotatable bonds is 4. The molecule has 2 fully saturated rings. The fourth-order valence-corrected chi connectivity index (χ4v) is 3.44. The molecule has 29 heavy (non-hydrogen) atoms. The lowest BCUT2D eigenvalue weighted by atomic mass is 10.1. The maximum absolute atomic E-state index is 9.55. The summed E-state index contributed by atoms with van der Waals surface area (Å²) in [6, 6.07) is 4.39. The Hall–Kier alpha value is -2.90. The van der Waals surface area contributed by atoms with Crippen LogP contribution in [0.2, 0.25) is 0 Å². The molecule has 0 spiro atoms. The number of carboxylic acid groups (broad SMARTS) is 2. The molecule has 0 amide bonds. The molecule has 3 rings (SSSR count). The summed E-state index contributed by atoms with van der Waals surface area (Å²) in [7, 11) is 0. The molecule has 0 aliphatic carbocycles. The first-order valence-electron chi connectivity index (χ1n) is 9.58. The van der Waals surface area contributed by atoms with Crippen molar-refractivity contribution in [2.75, 3.05) is 62.2 Å². The highest BCUT2D eigenvalue weighted by Gasteiger charge is 2.23. The minimum atomic E-state index is -1.82. The number of aryl methyl sites for hydroxylation is 1. The summed E-state index contributed by atoms with van der Waals surface area (Å²) < 4.78 is 0. The molecule has 2 aliphatic heterocycles. The van der Waals surface area contributed by atoms with Gasteiger partial charge in [0.15, 0.2) is 0 Å². The highest BCUT2D eigenvalue weighted by molar-refractivity contribution is 6.27. The smallest absolute Gasteiger partial charge is 0.414 e. The van der Waals surface area contributed by atoms with Crippen molar-refractivity contribution in [3.05, 3.63) is 17.2 Å². The van der Waals surface area contributed by atoms with Crippen LogP contribution >= 0.6 is 0 Å². The molecular formula is C19H27N5O5. The number of aliphatic hydroxyl groups is 1. The third-order valence-corrected chi connectivity index (χ3v) is 5.00. The predicted octanol–water partition coefficient (Wildman–Crippen LogP) is 0.132. The number of β-amino-alcohol motifs (C(OH)–C–C–N with tert-alkyl or cyclic N) is 1. The van der Waals surface area contributed by atoms with Crippen LogP contribution in [0.25, 0.3) is 0 Å². The summed E-state index contributed by atoms with van der Waals surface area (Å²) in [6.45, 7) is 8.55. The second-order valence-corrected chi connectivity index (χ2v) is 6.96. The van der Waals surface area contributed by atoms with Crippen molar-refractivity contribution in [2.24, 2.45) is 0 Å². The average Bonchev–Trinajstić information content (AvgIpc) is 3.23. The molecule has 2 saturated heterocycles. The van der Waals surface area contributed by atoms with Crippen molar-refractivity contribution < 1.29 is 24.9 Å². The topological polar surface area (TPSA) is 141 Å². The second kappa shape index (κ2) is 10.6. The lowest BCUT2D eigenvalue weighted by Gasteiger charge is -2.36. The molecule has 10 heteroatoms. The predicted molar refractivity (Wildman–Crippen MR) is 106 cm³/mol. The zero-order valence-electron chi connectivity index (χ0n) is 16.5. The van der Waals surface area contributed by atoms with Crippen molar-refractivity contribution >= 4 is 23.6 Å². The summed E-state index contributed by atoms with van der Waals surface area (Å²) in [5.41, 5.74) is 1.71. The van der Waals surface area contributed by atoms with Crippen molar-refractivity contribution in [3.63, 3.8) is 0 Å². The Bertz CT molecular complexity index is 753. The number of anilines is 2. The average molecular weight is 405 g/mol. The Labute approximate surface area is 169 Å². The molecule has 3 heterocycles. The van der Waals surface area contributed by atoms with E-state index in [-0.39, 0.29) is 6.61 Å². The van der Waals surface area contributed by atoms with Crippen LogP contribution in [0.5, 0.6) is 0 Å². The number of carboxylic acids is 2. The molecule has 1 aromatic heterocycles. The first-order chi connectivity index (χ1) is 13.9. The maximum Gasteiger partial charge on any atom is 0.414 e. The number of nitriles is 1. The van der Waals surface area contributed by atoms with Gasteiger partial charge in [-0.05, 0) is 31.4 Å². The Morgan fingerprint density at radius 3 is 2.14 bits per heavy atom. The number of hydrogen-bond donors (Lipinski definition) is 3. The van der Waals surface area contributed by atoms with Gasteiger partial charge in [0, 0.05) is 45.8 Å². The normalized spacial score (nSPS) is 16.7. The number of piperazine rings is 1. The molecule has 0 radical (unpaired) electrons. The van der Waals surface area contributed by atoms with Crippen LogP contribution in [0, 0.1) is 18.3 Å². The van der Waals surface area contributed by atoms with E-state index in [1.807, 2.05) is 6.92 Å². The van der Waals surface area contributed by atoms with E-state index < -0.39 is 11.9 Å². The van der Waals surface area contributed by atoms with Gasteiger partial charge in [-0.15, -0.1) is 0 Å². The third-order valence-electron chi connectivity index (χ3n) is 5.00. The van der Waals surface area contributed by atoms with Crippen LogP contribution in [0.15, 0.2) is 6.07 Å². The van der Waals surface area contributed by atoms with Crippen molar-refractivity contribution in [1.82, 2.24) is 9.88 Å².